The SMILES string of the molecule is Cc1ccc(C(C)Nc2ccc(Cl)c(F)c2)cc1. The zero-order chi connectivity index (χ0) is 13.1. The first-order valence-corrected chi connectivity index (χ1v) is 6.22. The third kappa shape index (κ3) is 3.02. The Kier molecular flexibility index (Phi) is 3.87. The van der Waals surface area contributed by atoms with Crippen LogP contribution >= 0.6 is 11.6 Å². The number of hydrogen-bond acceptors (Lipinski definition) is 1. The maximum Gasteiger partial charge on any atom is 0.143 e. The molecule has 0 amide bonds. The highest BCUT2D eigenvalue weighted by atomic mass is 35.5. The number of rotatable bonds is 3. The Morgan fingerprint density at radius 2 is 1.78 bits per heavy atom. The Balaban J connectivity index is 2.13. The number of hydrogen-bond donors (Lipinski definition) is 1. The number of anilines is 1. The van der Waals surface area contributed by atoms with Gasteiger partial charge in [-0.1, -0.05) is 41.4 Å². The van der Waals surface area contributed by atoms with E-state index in [1.54, 1.807) is 12.1 Å². The molecule has 3 heteroatoms. The maximum absolute atomic E-state index is 13.3. The van der Waals surface area contributed by atoms with E-state index in [4.69, 9.17) is 11.6 Å². The second-order valence-electron chi connectivity index (χ2n) is 4.41. The maximum atomic E-state index is 13.3. The van der Waals surface area contributed by atoms with Crippen LogP contribution in [0.2, 0.25) is 5.02 Å². The predicted molar refractivity (Wildman–Crippen MR) is 74.6 cm³/mol. The summed E-state index contributed by atoms with van der Waals surface area (Å²) in [5.41, 5.74) is 3.12. The first-order chi connectivity index (χ1) is 8.56. The predicted octanol–water partition coefficient (Wildman–Crippen LogP) is 4.96. The molecule has 0 aliphatic heterocycles. The molecule has 0 bridgehead atoms. The van der Waals surface area contributed by atoms with Crippen molar-refractivity contribution in [2.45, 2.75) is 19.9 Å². The van der Waals surface area contributed by atoms with Crippen LogP contribution in [-0.4, -0.2) is 0 Å². The van der Waals surface area contributed by atoms with Crippen molar-refractivity contribution in [3.05, 3.63) is 64.4 Å². The van der Waals surface area contributed by atoms with E-state index in [1.165, 1.54) is 11.6 Å². The Hall–Kier alpha value is -1.54. The first kappa shape index (κ1) is 12.9. The van der Waals surface area contributed by atoms with Crippen LogP contribution in [0.4, 0.5) is 10.1 Å². The van der Waals surface area contributed by atoms with E-state index in [1.807, 2.05) is 6.92 Å². The smallest absolute Gasteiger partial charge is 0.143 e. The van der Waals surface area contributed by atoms with Gasteiger partial charge in [0.2, 0.25) is 0 Å². The molecule has 2 aromatic carbocycles. The van der Waals surface area contributed by atoms with Gasteiger partial charge in [0, 0.05) is 11.7 Å². The summed E-state index contributed by atoms with van der Waals surface area (Å²) in [5.74, 6) is -0.405. The van der Waals surface area contributed by atoms with E-state index in [-0.39, 0.29) is 11.1 Å². The zero-order valence-electron chi connectivity index (χ0n) is 10.4. The minimum Gasteiger partial charge on any atom is -0.378 e. The summed E-state index contributed by atoms with van der Waals surface area (Å²) in [6, 6.07) is 13.1. The molecule has 18 heavy (non-hydrogen) atoms. The number of aryl methyl sites for hydroxylation is 1. The molecule has 0 radical (unpaired) electrons. The fraction of sp³-hybridized carbons (Fsp3) is 0.200. The van der Waals surface area contributed by atoms with Crippen molar-refractivity contribution in [1.82, 2.24) is 0 Å². The molecule has 0 heterocycles. The lowest BCUT2D eigenvalue weighted by Crippen LogP contribution is -2.06. The topological polar surface area (TPSA) is 12.0 Å². The highest BCUT2D eigenvalue weighted by Gasteiger charge is 2.06. The van der Waals surface area contributed by atoms with Gasteiger partial charge >= 0.3 is 0 Å². The molecular weight excluding hydrogens is 249 g/mol. The van der Waals surface area contributed by atoms with Crippen molar-refractivity contribution >= 4 is 17.3 Å². The van der Waals surface area contributed by atoms with Crippen LogP contribution in [0, 0.1) is 12.7 Å². The lowest BCUT2D eigenvalue weighted by Gasteiger charge is -2.16. The third-order valence-electron chi connectivity index (χ3n) is 2.88. The van der Waals surface area contributed by atoms with Crippen LogP contribution in [0.5, 0.6) is 0 Å². The summed E-state index contributed by atoms with van der Waals surface area (Å²) < 4.78 is 13.3. The highest BCUT2D eigenvalue weighted by molar-refractivity contribution is 6.30. The summed E-state index contributed by atoms with van der Waals surface area (Å²) in [6.45, 7) is 4.09. The Labute approximate surface area is 112 Å². The molecule has 0 saturated heterocycles. The molecule has 1 N–H and O–H groups in total. The molecule has 1 unspecified atom stereocenters. The normalized spacial score (nSPS) is 12.2. The Morgan fingerprint density at radius 3 is 2.39 bits per heavy atom. The second kappa shape index (κ2) is 5.40. The standard InChI is InChI=1S/C15H15ClFN/c1-10-3-5-12(6-4-10)11(2)18-13-7-8-14(16)15(17)9-13/h3-9,11,18H,1-2H3. The summed E-state index contributed by atoms with van der Waals surface area (Å²) in [4.78, 5) is 0. The van der Waals surface area contributed by atoms with Crippen LogP contribution in [0.25, 0.3) is 0 Å². The lowest BCUT2D eigenvalue weighted by molar-refractivity contribution is 0.628. The van der Waals surface area contributed by atoms with Crippen molar-refractivity contribution in [1.29, 1.82) is 0 Å². The second-order valence-corrected chi connectivity index (χ2v) is 4.81. The average Bonchev–Trinajstić information content (AvgIpc) is 2.34. The van der Waals surface area contributed by atoms with E-state index in [9.17, 15) is 4.39 Å². The van der Waals surface area contributed by atoms with Crippen molar-refractivity contribution in [3.63, 3.8) is 0 Å². The number of benzene rings is 2. The van der Waals surface area contributed by atoms with Crippen molar-refractivity contribution in [3.8, 4) is 0 Å². The molecule has 1 nitrogen and oxygen atoms in total. The van der Waals surface area contributed by atoms with Crippen LogP contribution in [0.3, 0.4) is 0 Å². The van der Waals surface area contributed by atoms with Gasteiger partial charge in [-0.15, -0.1) is 0 Å². The van der Waals surface area contributed by atoms with Crippen molar-refractivity contribution < 1.29 is 4.39 Å². The van der Waals surface area contributed by atoms with Crippen molar-refractivity contribution in [2.75, 3.05) is 5.32 Å². The van der Waals surface area contributed by atoms with Gasteiger partial charge in [0.05, 0.1) is 5.02 Å². The quantitative estimate of drug-likeness (QED) is 0.825. The molecule has 0 aliphatic rings. The van der Waals surface area contributed by atoms with E-state index in [2.05, 4.69) is 36.5 Å². The lowest BCUT2D eigenvalue weighted by atomic mass is 10.1. The van der Waals surface area contributed by atoms with Gasteiger partial charge < -0.3 is 5.32 Å². The van der Waals surface area contributed by atoms with Gasteiger partial charge in [-0.25, -0.2) is 4.39 Å². The van der Waals surface area contributed by atoms with Gasteiger partial charge in [0.25, 0.3) is 0 Å². The van der Waals surface area contributed by atoms with Gasteiger partial charge in [-0.2, -0.15) is 0 Å². The van der Waals surface area contributed by atoms with Crippen molar-refractivity contribution in [2.24, 2.45) is 0 Å². The largest absolute Gasteiger partial charge is 0.378 e. The zero-order valence-corrected chi connectivity index (χ0v) is 11.1. The highest BCUT2D eigenvalue weighted by Crippen LogP contribution is 2.23. The summed E-state index contributed by atoms with van der Waals surface area (Å²) in [5, 5.41) is 3.39. The Bertz CT molecular complexity index is 537. The molecular formula is C15H15ClFN. The molecule has 0 aromatic heterocycles. The van der Waals surface area contributed by atoms with Crippen LogP contribution in [0.1, 0.15) is 24.1 Å². The van der Waals surface area contributed by atoms with Gasteiger partial charge in [0.1, 0.15) is 5.82 Å². The monoisotopic (exact) mass is 263 g/mol. The van der Waals surface area contributed by atoms with Crippen LogP contribution in [0.15, 0.2) is 42.5 Å². The van der Waals surface area contributed by atoms with E-state index >= 15 is 0 Å². The number of nitrogens with one attached hydrogen (secondary N) is 1. The van der Waals surface area contributed by atoms with Gasteiger partial charge in [0.15, 0.2) is 0 Å². The van der Waals surface area contributed by atoms with Gasteiger partial charge in [-0.05, 0) is 37.6 Å². The number of halogens is 2. The first-order valence-electron chi connectivity index (χ1n) is 5.84. The van der Waals surface area contributed by atoms with E-state index in [0.717, 1.165) is 11.3 Å². The molecule has 2 aromatic rings. The average molecular weight is 264 g/mol. The summed E-state index contributed by atoms with van der Waals surface area (Å²) >= 11 is 5.65. The summed E-state index contributed by atoms with van der Waals surface area (Å²) in [6.07, 6.45) is 0. The van der Waals surface area contributed by atoms with E-state index in [0.29, 0.717) is 0 Å². The minimum atomic E-state index is -0.405. The minimum absolute atomic E-state index is 0.117. The van der Waals surface area contributed by atoms with Crippen LogP contribution in [-0.2, 0) is 0 Å². The molecule has 0 fully saturated rings. The van der Waals surface area contributed by atoms with Crippen LogP contribution < -0.4 is 5.32 Å². The molecule has 2 rings (SSSR count). The van der Waals surface area contributed by atoms with Gasteiger partial charge in [-0.3, -0.25) is 0 Å². The molecule has 0 saturated carbocycles. The molecule has 0 aliphatic carbocycles. The Morgan fingerprint density at radius 1 is 1.11 bits per heavy atom. The molecule has 1 atom stereocenters. The summed E-state index contributed by atoms with van der Waals surface area (Å²) in [7, 11) is 0. The molecule has 94 valence electrons. The molecule has 0 spiro atoms. The fourth-order valence-electron chi connectivity index (χ4n) is 1.77. The third-order valence-corrected chi connectivity index (χ3v) is 3.19. The fourth-order valence-corrected chi connectivity index (χ4v) is 1.89. The van der Waals surface area contributed by atoms with E-state index < -0.39 is 5.82 Å².